The highest BCUT2D eigenvalue weighted by Crippen LogP contribution is 2.32. The van der Waals surface area contributed by atoms with Crippen molar-refractivity contribution in [3.05, 3.63) is 36.7 Å². The van der Waals surface area contributed by atoms with Crippen LogP contribution in [0, 0.1) is 5.92 Å². The third-order valence-electron chi connectivity index (χ3n) is 4.99. The summed E-state index contributed by atoms with van der Waals surface area (Å²) in [6, 6.07) is 7.50. The van der Waals surface area contributed by atoms with E-state index in [0.29, 0.717) is 36.0 Å². The Kier molecular flexibility index (Phi) is 4.77. The van der Waals surface area contributed by atoms with Gasteiger partial charge in [-0.3, -0.25) is 4.79 Å². The average molecular weight is 382 g/mol. The van der Waals surface area contributed by atoms with Crippen LogP contribution in [0.25, 0.3) is 16.8 Å². The summed E-state index contributed by atoms with van der Waals surface area (Å²) in [4.78, 5) is 16.1. The van der Waals surface area contributed by atoms with E-state index < -0.39 is 0 Å². The number of carbonyl (C=O) groups excluding carboxylic acids is 1. The first-order valence-corrected chi connectivity index (χ1v) is 9.09. The number of aromatic nitrogens is 3. The van der Waals surface area contributed by atoms with Crippen LogP contribution in [-0.4, -0.2) is 47.4 Å². The number of methoxy groups -OCH3 is 2. The van der Waals surface area contributed by atoms with Gasteiger partial charge in [-0.1, -0.05) is 0 Å². The zero-order valence-electron chi connectivity index (χ0n) is 16.0. The summed E-state index contributed by atoms with van der Waals surface area (Å²) in [5, 5.41) is 7.20. The van der Waals surface area contributed by atoms with Crippen molar-refractivity contribution in [2.24, 2.45) is 5.92 Å². The highest BCUT2D eigenvalue weighted by molar-refractivity contribution is 5.78. The molecule has 28 heavy (non-hydrogen) atoms. The SMILES string of the molecule is COc1ccc(-c2cc(O[C@H](C)C3CNC(=O)C3)c3ccnn3c2)nc1OC. The van der Waals surface area contributed by atoms with Gasteiger partial charge in [-0.2, -0.15) is 5.10 Å². The monoisotopic (exact) mass is 382 g/mol. The molecule has 1 saturated heterocycles. The van der Waals surface area contributed by atoms with Gasteiger partial charge in [0.1, 0.15) is 17.4 Å². The Bertz CT molecular complexity index is 1020. The number of hydrogen-bond donors (Lipinski definition) is 1. The van der Waals surface area contributed by atoms with Crippen molar-refractivity contribution in [1.82, 2.24) is 19.9 Å². The predicted octanol–water partition coefficient (Wildman–Crippen LogP) is 2.32. The maximum Gasteiger partial charge on any atom is 0.257 e. The van der Waals surface area contributed by atoms with Crippen molar-refractivity contribution >= 4 is 11.4 Å². The highest BCUT2D eigenvalue weighted by Gasteiger charge is 2.28. The molecule has 4 rings (SSSR count). The summed E-state index contributed by atoms with van der Waals surface area (Å²) in [6.07, 6.45) is 3.97. The van der Waals surface area contributed by atoms with Crippen LogP contribution in [0.3, 0.4) is 0 Å². The van der Waals surface area contributed by atoms with E-state index in [1.807, 2.05) is 37.4 Å². The van der Waals surface area contributed by atoms with Crippen LogP contribution >= 0.6 is 0 Å². The number of pyridine rings is 2. The van der Waals surface area contributed by atoms with Gasteiger partial charge in [-0.05, 0) is 31.2 Å². The van der Waals surface area contributed by atoms with E-state index in [9.17, 15) is 4.79 Å². The minimum absolute atomic E-state index is 0.0678. The van der Waals surface area contributed by atoms with Crippen molar-refractivity contribution in [2.75, 3.05) is 20.8 Å². The second-order valence-corrected chi connectivity index (χ2v) is 6.75. The Hall–Kier alpha value is -3.29. The molecule has 2 atom stereocenters. The molecular weight excluding hydrogens is 360 g/mol. The van der Waals surface area contributed by atoms with Gasteiger partial charge in [-0.15, -0.1) is 0 Å². The number of amides is 1. The normalized spacial score (nSPS) is 17.4. The fourth-order valence-electron chi connectivity index (χ4n) is 3.38. The lowest BCUT2D eigenvalue weighted by Gasteiger charge is -2.20. The molecule has 1 N–H and O–H groups in total. The largest absolute Gasteiger partial charge is 0.491 e. The zero-order chi connectivity index (χ0) is 19.7. The molecule has 8 nitrogen and oxygen atoms in total. The topological polar surface area (TPSA) is 87.0 Å². The van der Waals surface area contributed by atoms with Gasteiger partial charge in [0, 0.05) is 30.6 Å². The van der Waals surface area contributed by atoms with Gasteiger partial charge < -0.3 is 19.5 Å². The molecule has 0 radical (unpaired) electrons. The molecule has 1 amide bonds. The zero-order valence-corrected chi connectivity index (χ0v) is 16.0. The molecule has 1 aliphatic rings. The Morgan fingerprint density at radius 1 is 1.21 bits per heavy atom. The molecule has 8 heteroatoms. The Morgan fingerprint density at radius 2 is 2.07 bits per heavy atom. The van der Waals surface area contributed by atoms with Crippen LogP contribution in [0.5, 0.6) is 17.4 Å². The molecule has 0 aromatic carbocycles. The van der Waals surface area contributed by atoms with E-state index in [4.69, 9.17) is 14.2 Å². The molecule has 146 valence electrons. The summed E-state index contributed by atoms with van der Waals surface area (Å²) >= 11 is 0. The number of ether oxygens (including phenoxy) is 3. The van der Waals surface area contributed by atoms with Crippen LogP contribution in [0.15, 0.2) is 36.7 Å². The number of carbonyl (C=O) groups is 1. The van der Waals surface area contributed by atoms with E-state index >= 15 is 0 Å². The van der Waals surface area contributed by atoms with Gasteiger partial charge >= 0.3 is 0 Å². The minimum Gasteiger partial charge on any atom is -0.491 e. The highest BCUT2D eigenvalue weighted by atomic mass is 16.5. The standard InChI is InChI=1S/C20H22N4O4/c1-12(13-9-19(25)21-10-13)28-18-8-14(11-24-16(18)6-7-22-24)15-4-5-17(26-2)20(23-15)27-3/h4-8,11-13H,9-10H2,1-3H3,(H,21,25)/t12-,13?/m1/s1. The van der Waals surface area contributed by atoms with Crippen LogP contribution in [0.4, 0.5) is 0 Å². The lowest BCUT2D eigenvalue weighted by molar-refractivity contribution is -0.119. The van der Waals surface area contributed by atoms with Crippen molar-refractivity contribution in [2.45, 2.75) is 19.4 Å². The number of hydrogen-bond acceptors (Lipinski definition) is 6. The molecule has 1 aliphatic heterocycles. The lowest BCUT2D eigenvalue weighted by Crippen LogP contribution is -2.25. The second kappa shape index (κ2) is 7.38. The van der Waals surface area contributed by atoms with E-state index in [0.717, 1.165) is 11.1 Å². The maximum absolute atomic E-state index is 11.5. The summed E-state index contributed by atoms with van der Waals surface area (Å²) < 4.78 is 18.6. The van der Waals surface area contributed by atoms with Crippen molar-refractivity contribution in [3.63, 3.8) is 0 Å². The van der Waals surface area contributed by atoms with Crippen molar-refractivity contribution in [3.8, 4) is 28.6 Å². The van der Waals surface area contributed by atoms with Gasteiger partial charge in [0.25, 0.3) is 5.88 Å². The van der Waals surface area contributed by atoms with Crippen LogP contribution in [0.1, 0.15) is 13.3 Å². The predicted molar refractivity (Wildman–Crippen MR) is 103 cm³/mol. The number of nitrogens with one attached hydrogen (secondary N) is 1. The third kappa shape index (κ3) is 3.33. The van der Waals surface area contributed by atoms with Crippen molar-refractivity contribution in [1.29, 1.82) is 0 Å². The smallest absolute Gasteiger partial charge is 0.257 e. The minimum atomic E-state index is -0.119. The fourth-order valence-corrected chi connectivity index (χ4v) is 3.38. The van der Waals surface area contributed by atoms with Gasteiger partial charge in [0.2, 0.25) is 5.91 Å². The van der Waals surface area contributed by atoms with Gasteiger partial charge in [0.15, 0.2) is 5.75 Å². The molecule has 0 saturated carbocycles. The molecule has 0 aliphatic carbocycles. The molecular formula is C20H22N4O4. The van der Waals surface area contributed by atoms with Gasteiger partial charge in [0.05, 0.1) is 26.1 Å². The van der Waals surface area contributed by atoms with Crippen LogP contribution < -0.4 is 19.5 Å². The third-order valence-corrected chi connectivity index (χ3v) is 4.99. The maximum atomic E-state index is 11.5. The average Bonchev–Trinajstić information content (AvgIpc) is 3.36. The summed E-state index contributed by atoms with van der Waals surface area (Å²) in [5.41, 5.74) is 2.40. The van der Waals surface area contributed by atoms with E-state index in [1.165, 1.54) is 0 Å². The molecule has 3 aromatic heterocycles. The summed E-state index contributed by atoms with van der Waals surface area (Å²) in [6.45, 7) is 2.62. The number of rotatable bonds is 6. The van der Waals surface area contributed by atoms with Crippen LogP contribution in [0.2, 0.25) is 0 Å². The van der Waals surface area contributed by atoms with Gasteiger partial charge in [-0.25, -0.2) is 9.50 Å². The first-order valence-electron chi connectivity index (χ1n) is 9.09. The first-order chi connectivity index (χ1) is 13.6. The molecule has 1 fully saturated rings. The number of fused-ring (bicyclic) bond motifs is 1. The quantitative estimate of drug-likeness (QED) is 0.704. The molecule has 3 aromatic rings. The van der Waals surface area contributed by atoms with E-state index in [-0.39, 0.29) is 17.9 Å². The first kappa shape index (κ1) is 18.1. The molecule has 0 bridgehead atoms. The lowest BCUT2D eigenvalue weighted by atomic mass is 10.0. The Labute approximate surface area is 162 Å². The summed E-state index contributed by atoms with van der Waals surface area (Å²) in [5.74, 6) is 1.87. The Morgan fingerprint density at radius 3 is 2.79 bits per heavy atom. The van der Waals surface area contributed by atoms with Crippen molar-refractivity contribution < 1.29 is 19.0 Å². The number of nitrogens with zero attached hydrogens (tertiary/aromatic N) is 3. The molecule has 1 unspecified atom stereocenters. The van der Waals surface area contributed by atoms with E-state index in [1.54, 1.807) is 24.9 Å². The fraction of sp³-hybridized carbons (Fsp3) is 0.350. The van der Waals surface area contributed by atoms with E-state index in [2.05, 4.69) is 15.4 Å². The molecule has 4 heterocycles. The second-order valence-electron chi connectivity index (χ2n) is 6.75. The molecule has 0 spiro atoms. The summed E-state index contributed by atoms with van der Waals surface area (Å²) in [7, 11) is 3.13. The van der Waals surface area contributed by atoms with Crippen LogP contribution in [-0.2, 0) is 4.79 Å². The Balaban J connectivity index is 1.70.